The second-order valence-corrected chi connectivity index (χ2v) is 7.31. The second kappa shape index (κ2) is 5.18. The summed E-state index contributed by atoms with van der Waals surface area (Å²) in [4.78, 5) is 5.25. The maximum Gasteiger partial charge on any atom is 0.267 e. The topological polar surface area (TPSA) is 112 Å². The van der Waals surface area contributed by atoms with E-state index in [4.69, 9.17) is 9.88 Å². The number of fused-ring (bicyclic) bond motifs is 1. The highest BCUT2D eigenvalue weighted by atomic mass is 32.2. The van der Waals surface area contributed by atoms with Crippen LogP contribution in [0.4, 0.5) is 5.69 Å². The molecule has 0 atom stereocenters. The van der Waals surface area contributed by atoms with Crippen molar-refractivity contribution in [1.29, 1.82) is 0 Å². The minimum Gasteiger partial charge on any atom is -0.497 e. The van der Waals surface area contributed by atoms with E-state index >= 15 is 0 Å². The molecule has 1 aromatic carbocycles. The molecular weight excluding hydrogens is 334 g/mol. The molecule has 2 heterocycles. The Morgan fingerprint density at radius 2 is 2.24 bits per heavy atom. The molecular formula is C10H9N5O3S3. The monoisotopic (exact) mass is 343 g/mol. The first-order valence-corrected chi connectivity index (χ1v) is 8.68. The van der Waals surface area contributed by atoms with Gasteiger partial charge in [0.25, 0.3) is 10.0 Å². The van der Waals surface area contributed by atoms with Crippen LogP contribution in [-0.2, 0) is 10.0 Å². The van der Waals surface area contributed by atoms with Crippen molar-refractivity contribution in [3.05, 3.63) is 29.1 Å². The Balaban J connectivity index is 2.15. The lowest BCUT2D eigenvalue weighted by atomic mass is 10.3. The molecule has 0 aliphatic rings. The number of rotatable bonds is 3. The lowest BCUT2D eigenvalue weighted by Crippen LogP contribution is -2.14. The van der Waals surface area contributed by atoms with Crippen LogP contribution in [-0.4, -0.2) is 29.5 Å². The van der Waals surface area contributed by atoms with E-state index in [1.807, 2.05) is 0 Å². The molecule has 2 aromatic heterocycles. The molecule has 21 heavy (non-hydrogen) atoms. The Kier molecular flexibility index (Phi) is 3.49. The Hall–Kier alpha value is -1.82. The van der Waals surface area contributed by atoms with Gasteiger partial charge in [-0.25, -0.2) is 18.5 Å². The first-order chi connectivity index (χ1) is 9.97. The summed E-state index contributed by atoms with van der Waals surface area (Å²) in [5.74, 6) is 0.672. The lowest BCUT2D eigenvalue weighted by molar-refractivity contribution is 0.415. The molecule has 3 aromatic rings. The van der Waals surface area contributed by atoms with Gasteiger partial charge in [-0.1, -0.05) is 17.4 Å². The summed E-state index contributed by atoms with van der Waals surface area (Å²) in [6, 6.07) is 7.15. The number of methoxy groups -OCH3 is 1. The normalized spacial score (nSPS) is 13.0. The second-order valence-electron chi connectivity index (χ2n) is 3.89. The molecule has 0 amide bonds. The van der Waals surface area contributed by atoms with Gasteiger partial charge in [-0.3, -0.25) is 0 Å². The van der Waals surface area contributed by atoms with Crippen molar-refractivity contribution in [3.8, 4) is 5.75 Å². The van der Waals surface area contributed by atoms with Crippen LogP contribution >= 0.6 is 22.9 Å². The summed E-state index contributed by atoms with van der Waals surface area (Å²) in [5, 5.41) is 8.98. The fraction of sp³-hybridized carbons (Fsp3) is 0.100. The van der Waals surface area contributed by atoms with Crippen molar-refractivity contribution in [2.24, 2.45) is 10.1 Å². The van der Waals surface area contributed by atoms with Crippen molar-refractivity contribution in [2.75, 3.05) is 7.11 Å². The molecule has 0 aliphatic carbocycles. The number of primary sulfonamides is 1. The smallest absolute Gasteiger partial charge is 0.267 e. The molecule has 0 radical (unpaired) electrons. The van der Waals surface area contributed by atoms with E-state index in [0.717, 1.165) is 22.9 Å². The SMILES string of the molecule is COc1cccc(N=c2snc3sc(S(N)(=O)=O)nn23)c1. The van der Waals surface area contributed by atoms with Crippen LogP contribution in [0.3, 0.4) is 0 Å². The van der Waals surface area contributed by atoms with Gasteiger partial charge in [-0.15, -0.1) is 5.10 Å². The third kappa shape index (κ3) is 2.81. The van der Waals surface area contributed by atoms with E-state index in [2.05, 4.69) is 14.5 Å². The fourth-order valence-electron chi connectivity index (χ4n) is 1.54. The summed E-state index contributed by atoms with van der Waals surface area (Å²) in [7, 11) is -2.28. The van der Waals surface area contributed by atoms with Crippen LogP contribution in [0, 0.1) is 0 Å². The predicted molar refractivity (Wildman–Crippen MR) is 78.3 cm³/mol. The summed E-state index contributed by atoms with van der Waals surface area (Å²) in [6.07, 6.45) is 0. The van der Waals surface area contributed by atoms with E-state index in [0.29, 0.717) is 21.2 Å². The summed E-state index contributed by atoms with van der Waals surface area (Å²) < 4.78 is 33.0. The van der Waals surface area contributed by atoms with Crippen LogP contribution in [0.15, 0.2) is 33.6 Å². The zero-order valence-electron chi connectivity index (χ0n) is 10.6. The molecule has 0 bridgehead atoms. The Bertz CT molecular complexity index is 969. The van der Waals surface area contributed by atoms with Crippen molar-refractivity contribution in [3.63, 3.8) is 0 Å². The molecule has 2 N–H and O–H groups in total. The van der Waals surface area contributed by atoms with Crippen LogP contribution in [0.2, 0.25) is 0 Å². The molecule has 0 spiro atoms. The molecule has 0 saturated carbocycles. The van der Waals surface area contributed by atoms with Crippen molar-refractivity contribution in [1.82, 2.24) is 14.0 Å². The van der Waals surface area contributed by atoms with Gasteiger partial charge >= 0.3 is 0 Å². The van der Waals surface area contributed by atoms with Gasteiger partial charge in [0, 0.05) is 17.6 Å². The average Bonchev–Trinajstić information content (AvgIpc) is 3.01. The zero-order chi connectivity index (χ0) is 15.0. The van der Waals surface area contributed by atoms with Gasteiger partial charge in [0.2, 0.25) is 14.1 Å². The fourth-order valence-corrected chi connectivity index (χ4v) is 3.82. The molecule has 0 fully saturated rings. The number of hydrogen-bond acceptors (Lipinski definition) is 8. The highest BCUT2D eigenvalue weighted by molar-refractivity contribution is 7.91. The minimum absolute atomic E-state index is 0.195. The first-order valence-electron chi connectivity index (χ1n) is 5.54. The number of sulfonamides is 1. The van der Waals surface area contributed by atoms with Gasteiger partial charge in [0.1, 0.15) is 5.75 Å². The third-order valence-electron chi connectivity index (χ3n) is 2.45. The number of nitrogens with two attached hydrogens (primary N) is 1. The predicted octanol–water partition coefficient (Wildman–Crippen LogP) is 0.741. The highest BCUT2D eigenvalue weighted by Gasteiger charge is 2.16. The zero-order valence-corrected chi connectivity index (χ0v) is 13.1. The number of nitrogens with zero attached hydrogens (tertiary/aromatic N) is 4. The Morgan fingerprint density at radius 1 is 1.43 bits per heavy atom. The van der Waals surface area contributed by atoms with Crippen molar-refractivity contribution < 1.29 is 13.2 Å². The standard InChI is InChI=1S/C10H9N5O3S3/c1-18-7-4-2-3-6(5-7)12-8-15-9(14-20-8)19-10(13-15)21(11,16)17/h2-5H,1H3,(H2,11,16,17). The highest BCUT2D eigenvalue weighted by Crippen LogP contribution is 2.20. The van der Waals surface area contributed by atoms with Crippen LogP contribution in [0.5, 0.6) is 5.75 Å². The number of benzene rings is 1. The maximum absolute atomic E-state index is 11.3. The average molecular weight is 343 g/mol. The first kappa shape index (κ1) is 14.1. The molecule has 0 saturated heterocycles. The van der Waals surface area contributed by atoms with Crippen LogP contribution in [0.1, 0.15) is 0 Å². The van der Waals surface area contributed by atoms with Gasteiger partial charge in [-0.05, 0) is 12.1 Å². The molecule has 0 aliphatic heterocycles. The van der Waals surface area contributed by atoms with E-state index < -0.39 is 10.0 Å². The van der Waals surface area contributed by atoms with Crippen LogP contribution in [0.25, 0.3) is 4.96 Å². The minimum atomic E-state index is -3.85. The summed E-state index contributed by atoms with van der Waals surface area (Å²) >= 11 is 2.01. The Morgan fingerprint density at radius 3 is 2.95 bits per heavy atom. The number of aromatic nitrogens is 3. The molecule has 110 valence electrons. The largest absolute Gasteiger partial charge is 0.497 e. The van der Waals surface area contributed by atoms with Crippen molar-refractivity contribution in [2.45, 2.75) is 4.34 Å². The third-order valence-corrected chi connectivity index (χ3v) is 5.48. The van der Waals surface area contributed by atoms with Gasteiger partial charge in [-0.2, -0.15) is 8.89 Å². The van der Waals surface area contributed by atoms with Gasteiger partial charge < -0.3 is 4.74 Å². The van der Waals surface area contributed by atoms with E-state index in [1.165, 1.54) is 4.52 Å². The number of hydrogen-bond donors (Lipinski definition) is 1. The summed E-state index contributed by atoms with van der Waals surface area (Å²) in [6.45, 7) is 0. The summed E-state index contributed by atoms with van der Waals surface area (Å²) in [5.41, 5.74) is 0.651. The lowest BCUT2D eigenvalue weighted by Gasteiger charge is -1.98. The van der Waals surface area contributed by atoms with Crippen LogP contribution < -0.4 is 14.7 Å². The number of ether oxygens (including phenoxy) is 1. The molecule has 0 unspecified atom stereocenters. The quantitative estimate of drug-likeness (QED) is 0.754. The molecule has 11 heteroatoms. The van der Waals surface area contributed by atoms with Gasteiger partial charge in [0.15, 0.2) is 0 Å². The maximum atomic E-state index is 11.3. The molecule has 8 nitrogen and oxygen atoms in total. The van der Waals surface area contributed by atoms with Crippen molar-refractivity contribution >= 4 is 43.5 Å². The van der Waals surface area contributed by atoms with E-state index in [1.54, 1.807) is 31.4 Å². The van der Waals surface area contributed by atoms with E-state index in [9.17, 15) is 8.42 Å². The Labute approximate surface area is 127 Å². The molecule has 3 rings (SSSR count). The van der Waals surface area contributed by atoms with E-state index in [-0.39, 0.29) is 4.34 Å². The van der Waals surface area contributed by atoms with Gasteiger partial charge in [0.05, 0.1) is 12.8 Å².